The van der Waals surface area contributed by atoms with Crippen molar-refractivity contribution in [1.82, 2.24) is 0 Å². The number of ketones is 1. The molecule has 4 aliphatic rings. The van der Waals surface area contributed by atoms with Crippen molar-refractivity contribution in [3.8, 4) is 0 Å². The van der Waals surface area contributed by atoms with Gasteiger partial charge in [-0.15, -0.1) is 0 Å². The summed E-state index contributed by atoms with van der Waals surface area (Å²) in [6.45, 7) is 1.44. The van der Waals surface area contributed by atoms with Crippen LogP contribution >= 0.6 is 0 Å². The van der Waals surface area contributed by atoms with E-state index in [1.165, 1.54) is 0 Å². The van der Waals surface area contributed by atoms with E-state index >= 15 is 0 Å². The van der Waals surface area contributed by atoms with E-state index in [2.05, 4.69) is 0 Å². The topological polar surface area (TPSA) is 35.5 Å². The lowest BCUT2D eigenvalue weighted by molar-refractivity contribution is -0.307. The molecule has 1 aliphatic heterocycles. The molecule has 76 valence electrons. The van der Waals surface area contributed by atoms with E-state index in [0.29, 0.717) is 35.9 Å². The van der Waals surface area contributed by atoms with Crippen LogP contribution in [0.4, 0.5) is 0 Å². The molecule has 0 N–H and O–H groups in total. The molecule has 0 amide bonds. The highest BCUT2D eigenvalue weighted by Crippen LogP contribution is 2.68. The molecule has 3 aliphatic carbocycles. The first kappa shape index (κ1) is 7.83. The van der Waals surface area contributed by atoms with Crippen LogP contribution in [-0.4, -0.2) is 24.8 Å². The van der Waals surface area contributed by atoms with Crippen molar-refractivity contribution in [2.75, 3.05) is 13.2 Å². The Labute approximate surface area is 82.8 Å². The third kappa shape index (κ3) is 0.625. The van der Waals surface area contributed by atoms with Gasteiger partial charge in [0.2, 0.25) is 0 Å². The van der Waals surface area contributed by atoms with E-state index in [-0.39, 0.29) is 5.79 Å². The molecule has 4 unspecified atom stereocenters. The molecule has 4 fully saturated rings. The SMILES string of the molecule is O=C1CC2C3C1CCC3C21OCCO1. The summed E-state index contributed by atoms with van der Waals surface area (Å²) >= 11 is 0. The summed E-state index contributed by atoms with van der Waals surface area (Å²) in [7, 11) is 0. The van der Waals surface area contributed by atoms with Crippen LogP contribution in [0.25, 0.3) is 0 Å². The summed E-state index contributed by atoms with van der Waals surface area (Å²) in [6.07, 6.45) is 2.93. The van der Waals surface area contributed by atoms with Crippen LogP contribution < -0.4 is 0 Å². The van der Waals surface area contributed by atoms with Gasteiger partial charge < -0.3 is 9.47 Å². The van der Waals surface area contributed by atoms with Crippen molar-refractivity contribution in [3.05, 3.63) is 0 Å². The standard InChI is InChI=1S/C11H14O3/c12-9-5-8-10-6(9)1-2-7(10)11(8)13-3-4-14-11/h6-8,10H,1-5H2. The van der Waals surface area contributed by atoms with Gasteiger partial charge in [-0.25, -0.2) is 0 Å². The van der Waals surface area contributed by atoms with Gasteiger partial charge in [0.1, 0.15) is 5.78 Å². The number of rotatable bonds is 0. The van der Waals surface area contributed by atoms with Crippen LogP contribution in [0.3, 0.4) is 0 Å². The molecule has 0 aromatic heterocycles. The second-order valence-electron chi connectivity index (χ2n) is 5.06. The summed E-state index contributed by atoms with van der Waals surface area (Å²) < 4.78 is 11.6. The van der Waals surface area contributed by atoms with Crippen LogP contribution in [0.2, 0.25) is 0 Å². The maximum Gasteiger partial charge on any atom is 0.175 e. The number of ether oxygens (including phenoxy) is 2. The molecule has 14 heavy (non-hydrogen) atoms. The van der Waals surface area contributed by atoms with Gasteiger partial charge >= 0.3 is 0 Å². The van der Waals surface area contributed by atoms with Crippen LogP contribution in [0.5, 0.6) is 0 Å². The molecule has 3 heteroatoms. The number of hydrogen-bond donors (Lipinski definition) is 0. The van der Waals surface area contributed by atoms with E-state index in [1.54, 1.807) is 0 Å². The Bertz CT molecular complexity index is 306. The average molecular weight is 194 g/mol. The van der Waals surface area contributed by atoms with Crippen LogP contribution in [0.1, 0.15) is 19.3 Å². The first-order chi connectivity index (χ1) is 6.83. The first-order valence-corrected chi connectivity index (χ1v) is 5.63. The summed E-state index contributed by atoms with van der Waals surface area (Å²) in [5, 5.41) is 0. The van der Waals surface area contributed by atoms with Crippen LogP contribution in [-0.2, 0) is 14.3 Å². The van der Waals surface area contributed by atoms with E-state index in [4.69, 9.17) is 9.47 Å². The van der Waals surface area contributed by atoms with Gasteiger partial charge in [-0.3, -0.25) is 4.79 Å². The van der Waals surface area contributed by atoms with E-state index in [1.807, 2.05) is 0 Å². The highest BCUT2D eigenvalue weighted by atomic mass is 16.7. The van der Waals surface area contributed by atoms with Crippen molar-refractivity contribution in [3.63, 3.8) is 0 Å². The Morgan fingerprint density at radius 1 is 1.14 bits per heavy atom. The molecule has 0 radical (unpaired) electrons. The molecular formula is C11H14O3. The van der Waals surface area contributed by atoms with Crippen molar-refractivity contribution in [1.29, 1.82) is 0 Å². The second-order valence-corrected chi connectivity index (χ2v) is 5.06. The predicted molar refractivity (Wildman–Crippen MR) is 47.5 cm³/mol. The van der Waals surface area contributed by atoms with Crippen molar-refractivity contribution in [2.24, 2.45) is 23.7 Å². The van der Waals surface area contributed by atoms with Gasteiger partial charge in [-0.2, -0.15) is 0 Å². The number of hydrogen-bond acceptors (Lipinski definition) is 3. The zero-order valence-corrected chi connectivity index (χ0v) is 8.07. The average Bonchev–Trinajstić information content (AvgIpc) is 2.80. The van der Waals surface area contributed by atoms with E-state index in [0.717, 1.165) is 26.1 Å². The van der Waals surface area contributed by atoms with Crippen LogP contribution in [0, 0.1) is 23.7 Å². The largest absolute Gasteiger partial charge is 0.347 e. The molecule has 3 nitrogen and oxygen atoms in total. The third-order valence-corrected chi connectivity index (χ3v) is 4.79. The Morgan fingerprint density at radius 2 is 1.93 bits per heavy atom. The molecular weight excluding hydrogens is 180 g/mol. The molecule has 3 saturated carbocycles. The molecule has 0 bridgehead atoms. The highest BCUT2D eigenvalue weighted by molar-refractivity contribution is 5.85. The molecule has 1 spiro atoms. The second kappa shape index (κ2) is 2.22. The Hall–Kier alpha value is -0.410. The van der Waals surface area contributed by atoms with Crippen molar-refractivity contribution >= 4 is 5.78 Å². The van der Waals surface area contributed by atoms with Gasteiger partial charge in [0.25, 0.3) is 0 Å². The van der Waals surface area contributed by atoms with Gasteiger partial charge in [0.05, 0.1) is 13.2 Å². The number of carbonyl (C=O) groups is 1. The number of carbonyl (C=O) groups excluding carboxylic acids is 1. The minimum Gasteiger partial charge on any atom is -0.347 e. The molecule has 0 aromatic carbocycles. The fourth-order valence-electron chi connectivity index (χ4n) is 4.37. The monoisotopic (exact) mass is 194 g/mol. The van der Waals surface area contributed by atoms with Gasteiger partial charge in [-0.1, -0.05) is 0 Å². The lowest BCUT2D eigenvalue weighted by Gasteiger charge is -2.53. The summed E-state index contributed by atoms with van der Waals surface area (Å²) in [5.41, 5.74) is 0. The Kier molecular flexibility index (Phi) is 1.24. The number of fused-ring (bicyclic) bond motifs is 2. The Morgan fingerprint density at radius 3 is 2.71 bits per heavy atom. The third-order valence-electron chi connectivity index (χ3n) is 4.79. The zero-order valence-electron chi connectivity index (χ0n) is 8.07. The minimum atomic E-state index is -0.314. The quantitative estimate of drug-likeness (QED) is 0.576. The normalized spacial score (nSPS) is 52.4. The maximum atomic E-state index is 11.7. The molecule has 1 saturated heterocycles. The van der Waals surface area contributed by atoms with E-state index < -0.39 is 0 Å². The summed E-state index contributed by atoms with van der Waals surface area (Å²) in [5.74, 6) is 2.06. The summed E-state index contributed by atoms with van der Waals surface area (Å²) in [6, 6.07) is 0. The van der Waals surface area contributed by atoms with Gasteiger partial charge in [-0.05, 0) is 18.8 Å². The van der Waals surface area contributed by atoms with Crippen molar-refractivity contribution < 1.29 is 14.3 Å². The molecule has 4 rings (SSSR count). The molecule has 1 heterocycles. The maximum absolute atomic E-state index is 11.7. The fourth-order valence-corrected chi connectivity index (χ4v) is 4.37. The zero-order chi connectivity index (χ0) is 9.34. The number of Topliss-reactive ketones (excluding diaryl/α,β-unsaturated/α-hetero) is 1. The smallest absolute Gasteiger partial charge is 0.175 e. The molecule has 4 atom stereocenters. The van der Waals surface area contributed by atoms with Gasteiger partial charge in [0.15, 0.2) is 5.79 Å². The summed E-state index contributed by atoms with van der Waals surface area (Å²) in [4.78, 5) is 11.7. The van der Waals surface area contributed by atoms with Crippen LogP contribution in [0.15, 0.2) is 0 Å². The lowest BCUT2D eigenvalue weighted by Crippen LogP contribution is -2.60. The van der Waals surface area contributed by atoms with Gasteiger partial charge in [0, 0.05) is 24.2 Å². The first-order valence-electron chi connectivity index (χ1n) is 5.63. The fraction of sp³-hybridized carbons (Fsp3) is 0.909. The highest BCUT2D eigenvalue weighted by Gasteiger charge is 2.73. The minimum absolute atomic E-state index is 0.314. The Balaban J connectivity index is 1.76. The van der Waals surface area contributed by atoms with Crippen molar-refractivity contribution in [2.45, 2.75) is 25.0 Å². The molecule has 0 aromatic rings. The predicted octanol–water partition coefficient (Wildman–Crippen LogP) is 0.974. The lowest BCUT2D eigenvalue weighted by atomic mass is 9.62. The van der Waals surface area contributed by atoms with E-state index in [9.17, 15) is 4.79 Å².